The molecule has 0 bridgehead atoms. The van der Waals surface area contributed by atoms with E-state index in [1.54, 1.807) is 23.1 Å². The number of aliphatic hydroxyl groups is 1. The zero-order valence-electron chi connectivity index (χ0n) is 24.7. The first-order valence-electron chi connectivity index (χ1n) is 14.3. The van der Waals surface area contributed by atoms with Crippen LogP contribution in [0.4, 0.5) is 0 Å². The summed E-state index contributed by atoms with van der Waals surface area (Å²) in [4.78, 5) is 23.4. The van der Waals surface area contributed by atoms with Gasteiger partial charge in [0, 0.05) is 30.7 Å². The Kier molecular flexibility index (Phi) is 10.8. The van der Waals surface area contributed by atoms with Gasteiger partial charge in [0.15, 0.2) is 16.7 Å². The topological polar surface area (TPSA) is 120 Å². The van der Waals surface area contributed by atoms with E-state index in [0.29, 0.717) is 5.75 Å². The highest BCUT2D eigenvalue weighted by molar-refractivity contribution is 8.01. The molecule has 5 rings (SSSR count). The van der Waals surface area contributed by atoms with Gasteiger partial charge in [0.1, 0.15) is 5.01 Å². The SMILES string of the molecule is CC(=O)OC(C)C(=O)NCc1ccc(C2OC(CSc3nnc(C)s3)C(c3ccccc3)C(c3ccc(CO)cc3)O2)cc1. The number of carbonyl (C=O) groups excluding carboxylic acids is 2. The molecule has 1 saturated heterocycles. The highest BCUT2D eigenvalue weighted by Gasteiger charge is 2.42. The van der Waals surface area contributed by atoms with E-state index in [2.05, 4.69) is 27.6 Å². The van der Waals surface area contributed by atoms with Crippen LogP contribution in [0.5, 0.6) is 0 Å². The van der Waals surface area contributed by atoms with Gasteiger partial charge in [-0.05, 0) is 36.1 Å². The standard InChI is InChI=1S/C33H35N3O6S2/c1-20(40-22(3)38)31(39)34-17-23-9-15-27(16-10-23)32-41-28(19-43-33-36-35-21(2)44-33)29(25-7-5-4-6-8-25)30(42-32)26-13-11-24(18-37)12-14-26/h4-16,20,28-30,32,37H,17-19H2,1-3H3,(H,34,39). The van der Waals surface area contributed by atoms with Crippen LogP contribution in [-0.4, -0.2) is 45.1 Å². The highest BCUT2D eigenvalue weighted by Crippen LogP contribution is 2.48. The molecule has 1 amide bonds. The summed E-state index contributed by atoms with van der Waals surface area (Å²) in [5.74, 6) is -0.334. The first-order valence-corrected chi connectivity index (χ1v) is 16.1. The predicted octanol–water partition coefficient (Wildman–Crippen LogP) is 5.64. The number of benzene rings is 3. The molecule has 1 aliphatic rings. The third-order valence-electron chi connectivity index (χ3n) is 7.28. The lowest BCUT2D eigenvalue weighted by molar-refractivity contribution is -0.255. The number of aromatic nitrogens is 2. The van der Waals surface area contributed by atoms with E-state index in [1.807, 2.05) is 73.7 Å². The largest absolute Gasteiger partial charge is 0.453 e. The van der Waals surface area contributed by atoms with Crippen LogP contribution in [-0.2, 0) is 37.0 Å². The highest BCUT2D eigenvalue weighted by atomic mass is 32.2. The lowest BCUT2D eigenvalue weighted by Gasteiger charge is -2.43. The molecule has 0 radical (unpaired) electrons. The van der Waals surface area contributed by atoms with Crippen LogP contribution in [0.3, 0.4) is 0 Å². The number of amides is 1. The molecule has 0 aliphatic carbocycles. The van der Waals surface area contributed by atoms with Gasteiger partial charge in [-0.1, -0.05) is 102 Å². The van der Waals surface area contributed by atoms with Crippen molar-refractivity contribution in [3.05, 3.63) is 112 Å². The number of esters is 1. The summed E-state index contributed by atoms with van der Waals surface area (Å²) in [7, 11) is 0. The summed E-state index contributed by atoms with van der Waals surface area (Å²) in [6.07, 6.45) is -2.07. The second-order valence-electron chi connectivity index (χ2n) is 10.5. The van der Waals surface area contributed by atoms with Crippen LogP contribution < -0.4 is 5.32 Å². The summed E-state index contributed by atoms with van der Waals surface area (Å²) in [6.45, 7) is 5.00. The minimum Gasteiger partial charge on any atom is -0.453 e. The van der Waals surface area contributed by atoms with Crippen molar-refractivity contribution in [1.29, 1.82) is 0 Å². The van der Waals surface area contributed by atoms with Gasteiger partial charge in [0.05, 0.1) is 18.8 Å². The second kappa shape index (κ2) is 14.9. The van der Waals surface area contributed by atoms with Gasteiger partial charge < -0.3 is 24.6 Å². The Morgan fingerprint density at radius 3 is 2.27 bits per heavy atom. The fourth-order valence-corrected chi connectivity index (χ4v) is 6.98. The minimum absolute atomic E-state index is 0.0321. The van der Waals surface area contributed by atoms with Crippen molar-refractivity contribution in [3.8, 4) is 0 Å². The number of ether oxygens (including phenoxy) is 3. The average molecular weight is 634 g/mol. The van der Waals surface area contributed by atoms with E-state index in [9.17, 15) is 14.7 Å². The Bertz CT molecular complexity index is 1530. The lowest BCUT2D eigenvalue weighted by atomic mass is 9.84. The summed E-state index contributed by atoms with van der Waals surface area (Å²) in [5, 5.41) is 21.8. The molecule has 2 N–H and O–H groups in total. The maximum absolute atomic E-state index is 12.3. The third-order valence-corrected chi connectivity index (χ3v) is 9.34. The molecule has 11 heteroatoms. The van der Waals surface area contributed by atoms with Crippen LogP contribution in [0.1, 0.15) is 65.0 Å². The van der Waals surface area contributed by atoms with Crippen molar-refractivity contribution < 1.29 is 28.9 Å². The molecule has 1 aromatic heterocycles. The zero-order valence-corrected chi connectivity index (χ0v) is 26.3. The number of nitrogens with one attached hydrogen (secondary N) is 1. The minimum atomic E-state index is -0.865. The van der Waals surface area contributed by atoms with Crippen LogP contribution in [0.25, 0.3) is 0 Å². The van der Waals surface area contributed by atoms with E-state index in [-0.39, 0.29) is 37.2 Å². The maximum Gasteiger partial charge on any atom is 0.303 e. The van der Waals surface area contributed by atoms with Gasteiger partial charge in [-0.3, -0.25) is 9.59 Å². The van der Waals surface area contributed by atoms with Crippen molar-refractivity contribution in [1.82, 2.24) is 15.5 Å². The van der Waals surface area contributed by atoms with Gasteiger partial charge in [0.25, 0.3) is 5.91 Å². The van der Waals surface area contributed by atoms with Gasteiger partial charge in [-0.25, -0.2) is 0 Å². The number of nitrogens with zero attached hydrogens (tertiary/aromatic N) is 2. The normalized spacial score (nSPS) is 20.5. The fourth-order valence-electron chi connectivity index (χ4n) is 5.07. The van der Waals surface area contributed by atoms with Crippen LogP contribution in [0.2, 0.25) is 0 Å². The first kappa shape index (κ1) is 31.8. The molecule has 44 heavy (non-hydrogen) atoms. The summed E-state index contributed by atoms with van der Waals surface area (Å²) in [6, 6.07) is 25.8. The Morgan fingerprint density at radius 1 is 0.955 bits per heavy atom. The summed E-state index contributed by atoms with van der Waals surface area (Å²) >= 11 is 3.18. The third kappa shape index (κ3) is 8.10. The Hall–Kier alpha value is -3.61. The van der Waals surface area contributed by atoms with E-state index in [1.165, 1.54) is 13.8 Å². The molecule has 0 spiro atoms. The van der Waals surface area contributed by atoms with Crippen LogP contribution in [0.15, 0.2) is 83.2 Å². The van der Waals surface area contributed by atoms with E-state index >= 15 is 0 Å². The molecule has 3 aromatic carbocycles. The Labute approximate surface area is 265 Å². The molecule has 0 saturated carbocycles. The number of hydrogen-bond acceptors (Lipinski definition) is 10. The Morgan fingerprint density at radius 2 is 1.64 bits per heavy atom. The second-order valence-corrected chi connectivity index (χ2v) is 13.0. The molecule has 230 valence electrons. The smallest absolute Gasteiger partial charge is 0.303 e. The number of rotatable bonds is 11. The van der Waals surface area contributed by atoms with Crippen LogP contribution in [0, 0.1) is 6.92 Å². The van der Waals surface area contributed by atoms with Gasteiger partial charge in [0.2, 0.25) is 0 Å². The monoisotopic (exact) mass is 633 g/mol. The number of aryl methyl sites for hydroxylation is 1. The van der Waals surface area contributed by atoms with E-state index in [4.69, 9.17) is 14.2 Å². The van der Waals surface area contributed by atoms with Crippen molar-refractivity contribution in [2.45, 2.75) is 68.8 Å². The number of carbonyl (C=O) groups is 2. The van der Waals surface area contributed by atoms with Gasteiger partial charge in [-0.2, -0.15) is 0 Å². The molecule has 2 heterocycles. The summed E-state index contributed by atoms with van der Waals surface area (Å²) in [5.41, 5.74) is 4.66. The molecule has 1 aliphatic heterocycles. The fraction of sp³-hybridized carbons (Fsp3) is 0.333. The van der Waals surface area contributed by atoms with E-state index < -0.39 is 18.4 Å². The van der Waals surface area contributed by atoms with Crippen molar-refractivity contribution in [2.75, 3.05) is 5.75 Å². The molecular weight excluding hydrogens is 599 g/mol. The molecule has 9 nitrogen and oxygen atoms in total. The van der Waals surface area contributed by atoms with Crippen molar-refractivity contribution >= 4 is 35.0 Å². The van der Waals surface area contributed by atoms with Gasteiger partial charge in [-0.15, -0.1) is 10.2 Å². The van der Waals surface area contributed by atoms with Gasteiger partial charge >= 0.3 is 5.97 Å². The zero-order chi connectivity index (χ0) is 31.1. The maximum atomic E-state index is 12.3. The van der Waals surface area contributed by atoms with Crippen molar-refractivity contribution in [3.63, 3.8) is 0 Å². The average Bonchev–Trinajstić information content (AvgIpc) is 3.47. The predicted molar refractivity (Wildman–Crippen MR) is 168 cm³/mol. The number of aliphatic hydroxyl groups excluding tert-OH is 1. The lowest BCUT2D eigenvalue weighted by Crippen LogP contribution is -2.38. The molecule has 1 fully saturated rings. The molecular formula is C33H35N3O6S2. The van der Waals surface area contributed by atoms with Crippen LogP contribution >= 0.6 is 23.1 Å². The quantitative estimate of drug-likeness (QED) is 0.160. The molecule has 5 unspecified atom stereocenters. The van der Waals surface area contributed by atoms with Crippen molar-refractivity contribution in [2.24, 2.45) is 0 Å². The number of thioether (sulfide) groups is 1. The number of hydrogen-bond donors (Lipinski definition) is 2. The van der Waals surface area contributed by atoms with E-state index in [0.717, 1.165) is 37.2 Å². The molecule has 5 atom stereocenters. The summed E-state index contributed by atoms with van der Waals surface area (Å²) < 4.78 is 19.3. The first-order chi connectivity index (χ1) is 21.3. The molecule has 4 aromatic rings. The Balaban J connectivity index is 1.40.